The molecule has 1 aromatic rings. The molecule has 0 amide bonds. The third-order valence-electron chi connectivity index (χ3n) is 3.85. The summed E-state index contributed by atoms with van der Waals surface area (Å²) in [7, 11) is -3.42. The summed E-state index contributed by atoms with van der Waals surface area (Å²) in [6.07, 6.45) is -0.508. The van der Waals surface area contributed by atoms with Gasteiger partial charge in [-0.1, -0.05) is 0 Å². The first-order valence-electron chi connectivity index (χ1n) is 7.23. The standard InChI is InChI=1S/C14H12N2O6S2/c17-12(22-10-3-5-21-13(10)18)8-1-2-9-11(7-8)23-14-15-24(19,20)6-4-16(9)14/h1-2,7,10H,3-6H2/t10-/m0/s1. The van der Waals surface area contributed by atoms with Crippen molar-refractivity contribution >= 4 is 44.6 Å². The van der Waals surface area contributed by atoms with Gasteiger partial charge in [-0.25, -0.2) is 18.0 Å². The highest BCUT2D eigenvalue weighted by atomic mass is 32.2. The number of carbonyl (C=O) groups excluding carboxylic acids is 2. The Morgan fingerprint density at radius 1 is 1.42 bits per heavy atom. The van der Waals surface area contributed by atoms with Crippen LogP contribution in [0.4, 0.5) is 5.69 Å². The van der Waals surface area contributed by atoms with Gasteiger partial charge in [-0.05, 0) is 30.0 Å². The molecule has 3 heterocycles. The van der Waals surface area contributed by atoms with Crippen molar-refractivity contribution in [1.82, 2.24) is 0 Å². The average Bonchev–Trinajstić information content (AvgIpc) is 3.08. The fourth-order valence-electron chi connectivity index (χ4n) is 2.64. The highest BCUT2D eigenvalue weighted by molar-refractivity contribution is 8.15. The third kappa shape index (κ3) is 2.65. The van der Waals surface area contributed by atoms with Gasteiger partial charge in [0.05, 0.1) is 23.6 Å². The summed E-state index contributed by atoms with van der Waals surface area (Å²) >= 11 is 1.19. The molecule has 126 valence electrons. The van der Waals surface area contributed by atoms with Gasteiger partial charge in [0.25, 0.3) is 10.0 Å². The number of cyclic esters (lactones) is 1. The molecule has 10 heteroatoms. The number of thioether (sulfide) groups is 1. The monoisotopic (exact) mass is 368 g/mol. The molecule has 0 N–H and O–H groups in total. The molecule has 0 aromatic heterocycles. The predicted molar refractivity (Wildman–Crippen MR) is 85.6 cm³/mol. The topological polar surface area (TPSA) is 102 Å². The van der Waals surface area contributed by atoms with Crippen LogP contribution in [0.1, 0.15) is 16.8 Å². The SMILES string of the molecule is O=C(O[C@H]1CCOC1=O)c1ccc2c(c1)SC1=NS(=O)(=O)CCN12. The minimum atomic E-state index is -3.42. The van der Waals surface area contributed by atoms with Crippen molar-refractivity contribution in [3.05, 3.63) is 23.8 Å². The van der Waals surface area contributed by atoms with Crippen molar-refractivity contribution in [2.75, 3.05) is 23.8 Å². The third-order valence-corrected chi connectivity index (χ3v) is 6.15. The van der Waals surface area contributed by atoms with Gasteiger partial charge in [0.15, 0.2) is 5.17 Å². The van der Waals surface area contributed by atoms with Gasteiger partial charge in [0.1, 0.15) is 0 Å². The molecule has 1 aromatic carbocycles. The van der Waals surface area contributed by atoms with Crippen LogP contribution in [0.25, 0.3) is 0 Å². The van der Waals surface area contributed by atoms with Crippen LogP contribution in [-0.4, -0.2) is 50.5 Å². The maximum atomic E-state index is 12.2. The van der Waals surface area contributed by atoms with E-state index in [1.165, 1.54) is 11.8 Å². The highest BCUT2D eigenvalue weighted by Gasteiger charge is 2.34. The normalized spacial score (nSPS) is 24.0. The summed E-state index contributed by atoms with van der Waals surface area (Å²) in [5.74, 6) is -1.18. The molecule has 1 saturated heterocycles. The number of rotatable bonds is 2. The molecule has 4 rings (SSSR count). The number of benzene rings is 1. The van der Waals surface area contributed by atoms with Gasteiger partial charge in [-0.3, -0.25) is 0 Å². The van der Waals surface area contributed by atoms with Crippen molar-refractivity contribution in [2.24, 2.45) is 4.40 Å². The number of carbonyl (C=O) groups is 2. The van der Waals surface area contributed by atoms with Gasteiger partial charge in [-0.15, -0.1) is 4.40 Å². The van der Waals surface area contributed by atoms with Crippen molar-refractivity contribution < 1.29 is 27.5 Å². The second-order valence-electron chi connectivity index (χ2n) is 5.45. The average molecular weight is 368 g/mol. The lowest BCUT2D eigenvalue weighted by Crippen LogP contribution is -2.35. The molecular weight excluding hydrogens is 356 g/mol. The molecule has 1 fully saturated rings. The zero-order valence-electron chi connectivity index (χ0n) is 12.3. The molecule has 0 aliphatic carbocycles. The predicted octanol–water partition coefficient (Wildman–Crippen LogP) is 0.770. The van der Waals surface area contributed by atoms with E-state index in [4.69, 9.17) is 9.47 Å². The van der Waals surface area contributed by atoms with Crippen LogP contribution >= 0.6 is 11.8 Å². The fourth-order valence-corrected chi connectivity index (χ4v) is 4.94. The Labute approximate surface area is 141 Å². The molecule has 0 radical (unpaired) electrons. The minimum absolute atomic E-state index is 0.0376. The summed E-state index contributed by atoms with van der Waals surface area (Å²) in [6.45, 7) is 0.582. The first-order chi connectivity index (χ1) is 11.4. The Morgan fingerprint density at radius 3 is 3.00 bits per heavy atom. The van der Waals surface area contributed by atoms with Crippen LogP contribution in [0.15, 0.2) is 27.5 Å². The van der Waals surface area contributed by atoms with Gasteiger partial charge < -0.3 is 14.4 Å². The second kappa shape index (κ2) is 5.49. The molecule has 0 bridgehead atoms. The van der Waals surface area contributed by atoms with E-state index in [0.29, 0.717) is 23.7 Å². The first kappa shape index (κ1) is 15.5. The van der Waals surface area contributed by atoms with E-state index < -0.39 is 28.1 Å². The molecule has 3 aliphatic heterocycles. The molecule has 0 unspecified atom stereocenters. The zero-order chi connectivity index (χ0) is 16.9. The summed E-state index contributed by atoms with van der Waals surface area (Å²) in [5, 5.41) is 0.390. The van der Waals surface area contributed by atoms with E-state index >= 15 is 0 Å². The maximum Gasteiger partial charge on any atom is 0.347 e. The number of sulfonamides is 1. The second-order valence-corrected chi connectivity index (χ2v) is 8.21. The van der Waals surface area contributed by atoms with Crippen molar-refractivity contribution in [3.63, 3.8) is 0 Å². The van der Waals surface area contributed by atoms with E-state index in [9.17, 15) is 18.0 Å². The highest BCUT2D eigenvalue weighted by Crippen LogP contribution is 2.42. The Kier molecular flexibility index (Phi) is 3.53. The summed E-state index contributed by atoms with van der Waals surface area (Å²) < 4.78 is 36.9. The number of ether oxygens (including phenoxy) is 2. The molecule has 0 saturated carbocycles. The quantitative estimate of drug-likeness (QED) is 0.706. The van der Waals surface area contributed by atoms with E-state index in [1.807, 2.05) is 4.90 Å². The van der Waals surface area contributed by atoms with E-state index in [2.05, 4.69) is 4.40 Å². The number of fused-ring (bicyclic) bond motifs is 3. The molecule has 0 spiro atoms. The lowest BCUT2D eigenvalue weighted by Gasteiger charge is -2.22. The van der Waals surface area contributed by atoms with Crippen LogP contribution in [0.3, 0.4) is 0 Å². The Bertz CT molecular complexity index is 879. The van der Waals surface area contributed by atoms with Crippen molar-refractivity contribution in [2.45, 2.75) is 17.4 Å². The number of hydrogen-bond donors (Lipinski definition) is 0. The van der Waals surface area contributed by atoms with E-state index in [-0.39, 0.29) is 12.4 Å². The molecule has 1 atom stereocenters. The van der Waals surface area contributed by atoms with Gasteiger partial charge in [0, 0.05) is 17.9 Å². The number of anilines is 1. The van der Waals surface area contributed by atoms with Gasteiger partial charge in [-0.2, -0.15) is 0 Å². The van der Waals surface area contributed by atoms with Crippen LogP contribution < -0.4 is 4.90 Å². The number of amidine groups is 1. The number of nitrogens with zero attached hydrogens (tertiary/aromatic N) is 2. The van der Waals surface area contributed by atoms with Gasteiger partial charge >= 0.3 is 11.9 Å². The smallest absolute Gasteiger partial charge is 0.347 e. The van der Waals surface area contributed by atoms with Crippen LogP contribution in [0.2, 0.25) is 0 Å². The minimum Gasteiger partial charge on any atom is -0.463 e. The number of esters is 2. The summed E-state index contributed by atoms with van der Waals surface area (Å²) in [5.41, 5.74) is 1.11. The number of hydrogen-bond acceptors (Lipinski definition) is 8. The van der Waals surface area contributed by atoms with Crippen LogP contribution in [-0.2, 0) is 24.3 Å². The lowest BCUT2D eigenvalue weighted by molar-refractivity contribution is -0.145. The van der Waals surface area contributed by atoms with E-state index in [1.54, 1.807) is 18.2 Å². The van der Waals surface area contributed by atoms with Crippen molar-refractivity contribution in [1.29, 1.82) is 0 Å². The Morgan fingerprint density at radius 2 is 2.25 bits per heavy atom. The molecule has 24 heavy (non-hydrogen) atoms. The Balaban J connectivity index is 1.58. The van der Waals surface area contributed by atoms with Crippen LogP contribution in [0.5, 0.6) is 0 Å². The largest absolute Gasteiger partial charge is 0.463 e. The Hall–Kier alpha value is -2.07. The summed E-state index contributed by atoms with van der Waals surface area (Å²) in [4.78, 5) is 26.1. The first-order valence-corrected chi connectivity index (χ1v) is 9.65. The summed E-state index contributed by atoms with van der Waals surface area (Å²) in [6, 6.07) is 4.94. The van der Waals surface area contributed by atoms with Crippen LogP contribution in [0, 0.1) is 0 Å². The fraction of sp³-hybridized carbons (Fsp3) is 0.357. The molecular formula is C14H12N2O6S2. The van der Waals surface area contributed by atoms with Crippen molar-refractivity contribution in [3.8, 4) is 0 Å². The maximum absolute atomic E-state index is 12.2. The molecule has 3 aliphatic rings. The zero-order valence-corrected chi connectivity index (χ0v) is 13.9. The molecule has 8 nitrogen and oxygen atoms in total. The lowest BCUT2D eigenvalue weighted by atomic mass is 10.2. The van der Waals surface area contributed by atoms with Gasteiger partial charge in [0.2, 0.25) is 6.10 Å². The van der Waals surface area contributed by atoms with E-state index in [0.717, 1.165) is 10.6 Å².